The number of amides is 1. The number of halogens is 3. The Kier molecular flexibility index (Phi) is 3.51. The van der Waals surface area contributed by atoms with E-state index in [4.69, 9.17) is 0 Å². The second-order valence-corrected chi connectivity index (χ2v) is 6.01. The van der Waals surface area contributed by atoms with Crippen LogP contribution in [0.2, 0.25) is 0 Å². The first-order valence-electron chi connectivity index (χ1n) is 6.24. The van der Waals surface area contributed by atoms with Gasteiger partial charge in [-0.2, -0.15) is 0 Å². The molecule has 21 heavy (non-hydrogen) atoms. The number of carbonyl (C=O) groups excluding carboxylic acids is 1. The quantitative estimate of drug-likeness (QED) is 0.787. The first-order chi connectivity index (χ1) is 9.94. The van der Waals surface area contributed by atoms with Gasteiger partial charge < -0.3 is 0 Å². The number of hydrogen-bond donors (Lipinski definition) is 2. The van der Waals surface area contributed by atoms with Gasteiger partial charge in [0.25, 0.3) is 0 Å². The van der Waals surface area contributed by atoms with Crippen molar-refractivity contribution in [3.8, 4) is 0 Å². The fraction of sp³-hybridized carbons (Fsp3) is 0.417. The molecule has 0 spiro atoms. The van der Waals surface area contributed by atoms with Crippen molar-refractivity contribution in [2.24, 2.45) is 5.41 Å². The Morgan fingerprint density at radius 2 is 2.19 bits per heavy atom. The second kappa shape index (κ2) is 5.08. The number of hydrogen-bond acceptors (Lipinski definition) is 4. The predicted octanol–water partition coefficient (Wildman–Crippen LogP) is 1.17. The Labute approximate surface area is 124 Å². The molecule has 3 rings (SSSR count). The average Bonchev–Trinajstić information content (AvgIpc) is 3.08. The number of nitrogens with one attached hydrogen (secondary N) is 2. The van der Waals surface area contributed by atoms with Crippen molar-refractivity contribution in [3.05, 3.63) is 18.2 Å². The van der Waals surface area contributed by atoms with Crippen LogP contribution >= 0.6 is 0 Å². The number of rotatable bonds is 2. The Morgan fingerprint density at radius 3 is 2.86 bits per heavy atom. The Hall–Kier alpha value is -1.44. The summed E-state index contributed by atoms with van der Waals surface area (Å²) >= 11 is -0.306. The molecule has 2 aromatic rings. The number of benzene rings is 1. The zero-order valence-corrected chi connectivity index (χ0v) is 12.4. The molecular formula is C12H11F3N4OSe. The molecule has 1 aliphatic rings. The molecular weight excluding hydrogens is 352 g/mol. The van der Waals surface area contributed by atoms with Crippen LogP contribution in [-0.2, 0) is 4.79 Å². The molecule has 0 bridgehead atoms. The summed E-state index contributed by atoms with van der Waals surface area (Å²) in [4.78, 5) is 12.2. The van der Waals surface area contributed by atoms with E-state index in [1.807, 2.05) is 0 Å². The van der Waals surface area contributed by atoms with Gasteiger partial charge in [-0.05, 0) is 0 Å². The van der Waals surface area contributed by atoms with Crippen LogP contribution in [0, 0.1) is 5.41 Å². The average molecular weight is 363 g/mol. The zero-order valence-electron chi connectivity index (χ0n) is 10.7. The molecule has 2 N–H and O–H groups in total. The Balaban J connectivity index is 1.94. The Bertz CT molecular complexity index is 678. The zero-order chi connectivity index (χ0) is 15.1. The van der Waals surface area contributed by atoms with Crippen LogP contribution in [0.5, 0.6) is 0 Å². The van der Waals surface area contributed by atoms with Gasteiger partial charge in [0.1, 0.15) is 0 Å². The SMILES string of the molecule is O=C(Nc1cccc2n[se]nc12)C1(C(F)(F)F)CCNC1. The standard InChI is InChI=1S/C12H11F3N4OSe/c13-12(14,15)11(4-5-16-6-11)10(20)17-7-2-1-3-8-9(7)19-21-18-8/h1-3,16H,4-6H2,(H,17,20). The van der Waals surface area contributed by atoms with Gasteiger partial charge in [0.2, 0.25) is 0 Å². The van der Waals surface area contributed by atoms with E-state index in [2.05, 4.69) is 18.6 Å². The van der Waals surface area contributed by atoms with Gasteiger partial charge >= 0.3 is 123 Å². The van der Waals surface area contributed by atoms with Crippen LogP contribution in [0.4, 0.5) is 18.9 Å². The molecule has 9 heteroatoms. The maximum absolute atomic E-state index is 13.3. The van der Waals surface area contributed by atoms with Crippen molar-refractivity contribution in [2.45, 2.75) is 12.6 Å². The van der Waals surface area contributed by atoms with Gasteiger partial charge in [-0.15, -0.1) is 0 Å². The van der Waals surface area contributed by atoms with Crippen molar-refractivity contribution in [2.75, 3.05) is 18.4 Å². The van der Waals surface area contributed by atoms with Gasteiger partial charge in [-0.25, -0.2) is 0 Å². The van der Waals surface area contributed by atoms with Gasteiger partial charge in [-0.1, -0.05) is 0 Å². The van der Waals surface area contributed by atoms with Crippen LogP contribution in [0.15, 0.2) is 18.2 Å². The fourth-order valence-electron chi connectivity index (χ4n) is 2.41. The number of carbonyl (C=O) groups is 1. The van der Waals surface area contributed by atoms with E-state index >= 15 is 0 Å². The molecule has 1 saturated heterocycles. The summed E-state index contributed by atoms with van der Waals surface area (Å²) in [5, 5.41) is 5.01. The summed E-state index contributed by atoms with van der Waals surface area (Å²) in [5.74, 6) is -1.04. The number of nitrogens with zero attached hydrogens (tertiary/aromatic N) is 2. The minimum absolute atomic E-state index is 0.169. The predicted molar refractivity (Wildman–Crippen MR) is 71.1 cm³/mol. The van der Waals surface area contributed by atoms with Gasteiger partial charge in [0, 0.05) is 0 Å². The van der Waals surface area contributed by atoms with E-state index in [9.17, 15) is 18.0 Å². The van der Waals surface area contributed by atoms with E-state index in [1.165, 1.54) is 0 Å². The van der Waals surface area contributed by atoms with Crippen molar-refractivity contribution in [3.63, 3.8) is 0 Å². The molecule has 1 aromatic heterocycles. The summed E-state index contributed by atoms with van der Waals surface area (Å²) < 4.78 is 48.2. The molecule has 1 fully saturated rings. The molecule has 5 nitrogen and oxygen atoms in total. The molecule has 1 unspecified atom stereocenters. The monoisotopic (exact) mass is 364 g/mol. The molecule has 2 heterocycles. The topological polar surface area (TPSA) is 66.9 Å². The van der Waals surface area contributed by atoms with E-state index in [0.717, 1.165) is 0 Å². The number of anilines is 1. The van der Waals surface area contributed by atoms with Crippen LogP contribution in [0.1, 0.15) is 6.42 Å². The van der Waals surface area contributed by atoms with Crippen molar-refractivity contribution < 1.29 is 18.0 Å². The van der Waals surface area contributed by atoms with Crippen molar-refractivity contribution in [1.29, 1.82) is 0 Å². The van der Waals surface area contributed by atoms with Crippen LogP contribution in [-0.4, -0.2) is 48.1 Å². The second-order valence-electron chi connectivity index (χ2n) is 4.90. The minimum atomic E-state index is -4.59. The first-order valence-corrected chi connectivity index (χ1v) is 7.77. The van der Waals surface area contributed by atoms with E-state index < -0.39 is 24.0 Å². The summed E-state index contributed by atoms with van der Waals surface area (Å²) in [6.07, 6.45) is -4.85. The molecule has 112 valence electrons. The third-order valence-corrected chi connectivity index (χ3v) is 4.81. The number of fused-ring (bicyclic) bond motifs is 1. The van der Waals surface area contributed by atoms with E-state index in [-0.39, 0.29) is 33.6 Å². The van der Waals surface area contributed by atoms with Crippen LogP contribution < -0.4 is 10.6 Å². The molecule has 1 amide bonds. The van der Waals surface area contributed by atoms with Gasteiger partial charge in [-0.3, -0.25) is 0 Å². The van der Waals surface area contributed by atoms with Crippen LogP contribution in [0.3, 0.4) is 0 Å². The third-order valence-electron chi connectivity index (χ3n) is 3.67. The van der Waals surface area contributed by atoms with E-state index in [0.29, 0.717) is 11.0 Å². The number of alkyl halides is 3. The molecule has 1 atom stereocenters. The molecule has 1 aromatic carbocycles. The first kappa shape index (κ1) is 14.5. The third kappa shape index (κ3) is 2.35. The number of aromatic nitrogens is 2. The van der Waals surface area contributed by atoms with Gasteiger partial charge in [0.15, 0.2) is 0 Å². The van der Waals surface area contributed by atoms with Crippen LogP contribution in [0.25, 0.3) is 11.0 Å². The maximum atomic E-state index is 13.3. The normalized spacial score (nSPS) is 22.6. The Morgan fingerprint density at radius 1 is 1.38 bits per heavy atom. The molecule has 1 aliphatic heterocycles. The molecule has 0 aliphatic carbocycles. The van der Waals surface area contributed by atoms with Gasteiger partial charge in [0.05, 0.1) is 0 Å². The molecule has 0 saturated carbocycles. The van der Waals surface area contributed by atoms with E-state index in [1.54, 1.807) is 18.2 Å². The molecule has 0 radical (unpaired) electrons. The fourth-order valence-corrected chi connectivity index (χ4v) is 3.56. The summed E-state index contributed by atoms with van der Waals surface area (Å²) in [6.45, 7) is -0.231. The summed E-state index contributed by atoms with van der Waals surface area (Å²) in [6, 6.07) is 4.91. The summed E-state index contributed by atoms with van der Waals surface area (Å²) in [5.41, 5.74) is -1.01. The van der Waals surface area contributed by atoms with Crippen molar-refractivity contribution in [1.82, 2.24) is 13.3 Å². The summed E-state index contributed by atoms with van der Waals surface area (Å²) in [7, 11) is 0. The van der Waals surface area contributed by atoms with Crippen molar-refractivity contribution >= 4 is 37.6 Å².